The Bertz CT molecular complexity index is 1060. The van der Waals surface area contributed by atoms with Gasteiger partial charge < -0.3 is 4.74 Å². The molecular weight excluding hydrogens is 446 g/mol. The number of benzene rings is 2. The lowest BCUT2D eigenvalue weighted by Crippen LogP contribution is -2.43. The first kappa shape index (κ1) is 24.3. The molecule has 2 amide bonds. The summed E-state index contributed by atoms with van der Waals surface area (Å²) in [6, 6.07) is 11.8. The van der Waals surface area contributed by atoms with E-state index in [4.69, 9.17) is 16.3 Å². The molecule has 0 aliphatic rings. The molecule has 11 heteroatoms. The summed E-state index contributed by atoms with van der Waals surface area (Å²) in [7, 11) is -3.81. The Morgan fingerprint density at radius 3 is 2.26 bits per heavy atom. The van der Waals surface area contributed by atoms with Crippen LogP contribution < -0.4 is 10.9 Å². The van der Waals surface area contributed by atoms with Crippen LogP contribution in [0.25, 0.3) is 0 Å². The van der Waals surface area contributed by atoms with Crippen LogP contribution in [-0.2, 0) is 19.6 Å². The number of sulfonamides is 1. The summed E-state index contributed by atoms with van der Waals surface area (Å²) in [5.41, 5.74) is 4.44. The topological polar surface area (TPSA) is 122 Å². The average Bonchev–Trinajstić information content (AvgIpc) is 2.77. The number of hydrazine groups is 1. The molecule has 0 bridgehead atoms. The third-order valence-corrected chi connectivity index (χ3v) is 6.56. The van der Waals surface area contributed by atoms with Crippen LogP contribution in [0.5, 0.6) is 0 Å². The SMILES string of the molecule is CCN(CC)S(=O)(=O)c1ccc(Cl)c(C(=O)OCC(=O)NNC(=O)c2ccccc2)c1. The lowest BCUT2D eigenvalue weighted by Gasteiger charge is -2.19. The van der Waals surface area contributed by atoms with Crippen LogP contribution in [0, 0.1) is 0 Å². The number of ether oxygens (including phenoxy) is 1. The first-order valence-corrected chi connectivity index (χ1v) is 11.1. The highest BCUT2D eigenvalue weighted by molar-refractivity contribution is 7.89. The van der Waals surface area contributed by atoms with E-state index in [-0.39, 0.29) is 28.6 Å². The Morgan fingerprint density at radius 1 is 1.00 bits per heavy atom. The van der Waals surface area contributed by atoms with Crippen molar-refractivity contribution in [3.05, 3.63) is 64.7 Å². The molecule has 0 aliphatic carbocycles. The van der Waals surface area contributed by atoms with Gasteiger partial charge >= 0.3 is 5.97 Å². The number of hydrogen-bond donors (Lipinski definition) is 2. The second-order valence-electron chi connectivity index (χ2n) is 6.18. The predicted octanol–water partition coefficient (Wildman–Crippen LogP) is 1.99. The van der Waals surface area contributed by atoms with E-state index < -0.39 is 34.4 Å². The molecule has 2 aromatic rings. The summed E-state index contributed by atoms with van der Waals surface area (Å²) < 4.78 is 31.4. The fraction of sp³-hybridized carbons (Fsp3) is 0.250. The van der Waals surface area contributed by atoms with Crippen LogP contribution in [0.4, 0.5) is 0 Å². The summed E-state index contributed by atoms with van der Waals surface area (Å²) in [5.74, 6) is -2.32. The summed E-state index contributed by atoms with van der Waals surface area (Å²) in [4.78, 5) is 35.9. The van der Waals surface area contributed by atoms with Crippen LogP contribution in [0.2, 0.25) is 5.02 Å². The van der Waals surface area contributed by atoms with Gasteiger partial charge in [-0.15, -0.1) is 0 Å². The van der Waals surface area contributed by atoms with Gasteiger partial charge in [-0.2, -0.15) is 4.31 Å². The third-order valence-electron chi connectivity index (χ3n) is 4.19. The van der Waals surface area contributed by atoms with Gasteiger partial charge in [0, 0.05) is 18.7 Å². The van der Waals surface area contributed by atoms with Crippen LogP contribution in [0.1, 0.15) is 34.6 Å². The zero-order valence-electron chi connectivity index (χ0n) is 16.9. The van der Waals surface area contributed by atoms with E-state index in [0.717, 1.165) is 6.07 Å². The number of carbonyl (C=O) groups excluding carboxylic acids is 3. The molecule has 0 saturated carbocycles. The number of rotatable bonds is 8. The molecule has 0 radical (unpaired) electrons. The zero-order valence-corrected chi connectivity index (χ0v) is 18.5. The maximum atomic E-state index is 12.6. The van der Waals surface area contributed by atoms with Gasteiger partial charge in [0.2, 0.25) is 10.0 Å². The standard InChI is InChI=1S/C20H22ClN3O6S/c1-3-24(4-2)31(28,29)15-10-11-17(21)16(12-15)20(27)30-13-18(25)22-23-19(26)14-8-6-5-7-9-14/h5-12H,3-4,13H2,1-2H3,(H,22,25)(H,23,26). The largest absolute Gasteiger partial charge is 0.452 e. The van der Waals surface area contributed by atoms with Crippen molar-refractivity contribution in [2.45, 2.75) is 18.7 Å². The number of amides is 2. The minimum absolute atomic E-state index is 0.0266. The first-order valence-electron chi connectivity index (χ1n) is 9.31. The summed E-state index contributed by atoms with van der Waals surface area (Å²) in [6.45, 7) is 3.20. The minimum atomic E-state index is -3.81. The van der Waals surface area contributed by atoms with Gasteiger partial charge in [-0.25, -0.2) is 13.2 Å². The van der Waals surface area contributed by atoms with Crippen molar-refractivity contribution in [1.29, 1.82) is 0 Å². The van der Waals surface area contributed by atoms with Crippen molar-refractivity contribution >= 4 is 39.4 Å². The molecule has 166 valence electrons. The molecule has 2 aromatic carbocycles. The van der Waals surface area contributed by atoms with Gasteiger partial charge in [0.1, 0.15) is 0 Å². The molecule has 31 heavy (non-hydrogen) atoms. The smallest absolute Gasteiger partial charge is 0.340 e. The van der Waals surface area contributed by atoms with E-state index in [1.807, 2.05) is 0 Å². The molecule has 0 aliphatic heterocycles. The average molecular weight is 468 g/mol. The molecule has 0 aromatic heterocycles. The highest BCUT2D eigenvalue weighted by Crippen LogP contribution is 2.23. The Labute approximate surface area is 185 Å². The van der Waals surface area contributed by atoms with Gasteiger partial charge in [-0.3, -0.25) is 20.4 Å². The number of nitrogens with zero attached hydrogens (tertiary/aromatic N) is 1. The Hall–Kier alpha value is -2.95. The van der Waals surface area contributed by atoms with E-state index in [0.29, 0.717) is 5.56 Å². The maximum absolute atomic E-state index is 12.6. The van der Waals surface area contributed by atoms with Crippen LogP contribution in [0.3, 0.4) is 0 Å². The minimum Gasteiger partial charge on any atom is -0.452 e. The van der Waals surface area contributed by atoms with Gasteiger partial charge in [-0.05, 0) is 30.3 Å². The van der Waals surface area contributed by atoms with E-state index in [9.17, 15) is 22.8 Å². The van der Waals surface area contributed by atoms with Crippen LogP contribution >= 0.6 is 11.6 Å². The Morgan fingerprint density at radius 2 is 1.65 bits per heavy atom. The zero-order chi connectivity index (χ0) is 23.0. The summed E-state index contributed by atoms with van der Waals surface area (Å²) >= 11 is 6.01. The third kappa shape index (κ3) is 6.27. The number of esters is 1. The van der Waals surface area contributed by atoms with Crippen LogP contribution in [-0.4, -0.2) is 50.2 Å². The second kappa shape index (κ2) is 10.9. The number of hydrogen-bond acceptors (Lipinski definition) is 6. The molecule has 9 nitrogen and oxygen atoms in total. The molecule has 0 atom stereocenters. The number of carbonyl (C=O) groups is 3. The second-order valence-corrected chi connectivity index (χ2v) is 8.52. The van der Waals surface area contributed by atoms with Gasteiger partial charge in [-0.1, -0.05) is 43.6 Å². The van der Waals surface area contributed by atoms with Crippen molar-refractivity contribution in [2.75, 3.05) is 19.7 Å². The monoisotopic (exact) mass is 467 g/mol. The number of halogens is 1. The normalized spacial score (nSPS) is 11.1. The van der Waals surface area contributed by atoms with E-state index >= 15 is 0 Å². The Kier molecular flexibility index (Phi) is 8.55. The lowest BCUT2D eigenvalue weighted by atomic mass is 10.2. The van der Waals surface area contributed by atoms with Gasteiger partial charge in [0.15, 0.2) is 6.61 Å². The van der Waals surface area contributed by atoms with E-state index in [1.54, 1.807) is 44.2 Å². The predicted molar refractivity (Wildman–Crippen MR) is 114 cm³/mol. The summed E-state index contributed by atoms with van der Waals surface area (Å²) in [6.07, 6.45) is 0. The molecule has 2 rings (SSSR count). The Balaban J connectivity index is 2.00. The lowest BCUT2D eigenvalue weighted by molar-refractivity contribution is -0.125. The van der Waals surface area contributed by atoms with Crippen molar-refractivity contribution < 1.29 is 27.5 Å². The fourth-order valence-corrected chi connectivity index (χ4v) is 4.25. The van der Waals surface area contributed by atoms with E-state index in [1.165, 1.54) is 16.4 Å². The quantitative estimate of drug-likeness (QED) is 0.452. The first-order chi connectivity index (χ1) is 14.7. The highest BCUT2D eigenvalue weighted by Gasteiger charge is 2.24. The van der Waals surface area contributed by atoms with Crippen molar-refractivity contribution in [3.63, 3.8) is 0 Å². The maximum Gasteiger partial charge on any atom is 0.340 e. The summed E-state index contributed by atoms with van der Waals surface area (Å²) in [5, 5.41) is -0.0266. The molecule has 0 heterocycles. The molecule has 2 N–H and O–H groups in total. The van der Waals surface area contributed by atoms with Crippen molar-refractivity contribution in [3.8, 4) is 0 Å². The number of nitrogens with one attached hydrogen (secondary N) is 2. The van der Waals surface area contributed by atoms with Crippen molar-refractivity contribution in [1.82, 2.24) is 15.2 Å². The van der Waals surface area contributed by atoms with E-state index in [2.05, 4.69) is 10.9 Å². The molecular formula is C20H22ClN3O6S. The molecule has 0 unspecified atom stereocenters. The van der Waals surface area contributed by atoms with Gasteiger partial charge in [0.05, 0.1) is 15.5 Å². The molecule has 0 fully saturated rings. The highest BCUT2D eigenvalue weighted by atomic mass is 35.5. The fourth-order valence-electron chi connectivity index (χ4n) is 2.57. The molecule has 0 spiro atoms. The van der Waals surface area contributed by atoms with Crippen molar-refractivity contribution in [2.24, 2.45) is 0 Å². The van der Waals surface area contributed by atoms with Crippen LogP contribution in [0.15, 0.2) is 53.4 Å². The van der Waals surface area contributed by atoms with Gasteiger partial charge in [0.25, 0.3) is 11.8 Å². The molecule has 0 saturated heterocycles.